The molecular weight excluding hydrogens is 508 g/mol. The predicted octanol–water partition coefficient (Wildman–Crippen LogP) is 8.10. The van der Waals surface area contributed by atoms with E-state index in [1.807, 2.05) is 24.3 Å². The van der Waals surface area contributed by atoms with Gasteiger partial charge in [0.1, 0.15) is 11.6 Å². The number of hydrogen-bond acceptors (Lipinski definition) is 3. The average molecular weight is 549 g/mol. The first kappa shape index (κ1) is 28.3. The summed E-state index contributed by atoms with van der Waals surface area (Å²) in [6.07, 6.45) is 2.88. The van der Waals surface area contributed by atoms with Crippen molar-refractivity contribution in [3.63, 3.8) is 0 Å². The van der Waals surface area contributed by atoms with Crippen LogP contribution in [-0.4, -0.2) is 30.2 Å². The van der Waals surface area contributed by atoms with E-state index >= 15 is 0 Å². The Morgan fingerprint density at radius 3 is 2.32 bits per heavy atom. The van der Waals surface area contributed by atoms with Crippen LogP contribution in [0.15, 0.2) is 60.7 Å². The summed E-state index contributed by atoms with van der Waals surface area (Å²) in [6, 6.07) is 19.9. The van der Waals surface area contributed by atoms with Crippen molar-refractivity contribution in [2.75, 3.05) is 0 Å². The van der Waals surface area contributed by atoms with E-state index in [2.05, 4.69) is 74.9 Å². The molecule has 41 heavy (non-hydrogen) atoms. The Morgan fingerprint density at radius 1 is 0.927 bits per heavy atom. The average Bonchev–Trinajstić information content (AvgIpc) is 3.45. The molecule has 1 N–H and O–H groups in total. The molecular formula is C35H40N4O2. The topological polar surface area (TPSA) is 72.9 Å². The van der Waals surface area contributed by atoms with Gasteiger partial charge >= 0.3 is 5.97 Å². The van der Waals surface area contributed by atoms with Gasteiger partial charge in [-0.3, -0.25) is 0 Å². The lowest BCUT2D eigenvalue weighted by Crippen LogP contribution is -2.06. The molecule has 6 nitrogen and oxygen atoms in total. The Balaban J connectivity index is 1.57. The van der Waals surface area contributed by atoms with E-state index in [1.54, 1.807) is 12.1 Å². The summed E-state index contributed by atoms with van der Waals surface area (Å²) < 4.78 is 4.68. The van der Waals surface area contributed by atoms with Crippen LogP contribution in [0.5, 0.6) is 0 Å². The van der Waals surface area contributed by atoms with Gasteiger partial charge in [0.2, 0.25) is 0 Å². The van der Waals surface area contributed by atoms with Crippen molar-refractivity contribution >= 4 is 17.0 Å². The number of fused-ring (bicyclic) bond motifs is 1. The van der Waals surface area contributed by atoms with Crippen LogP contribution >= 0.6 is 0 Å². The van der Waals surface area contributed by atoms with Crippen LogP contribution in [-0.2, 0) is 25.9 Å². The monoisotopic (exact) mass is 548 g/mol. The molecule has 0 radical (unpaired) electrons. The number of carbonyl (C=O) groups is 1. The number of carboxylic acids is 1. The summed E-state index contributed by atoms with van der Waals surface area (Å²) in [5, 5.41) is 9.63. The molecule has 5 aromatic rings. The quantitative estimate of drug-likeness (QED) is 0.191. The highest BCUT2D eigenvalue weighted by Gasteiger charge is 2.19. The minimum absolute atomic E-state index is 0.311. The predicted molar refractivity (Wildman–Crippen MR) is 167 cm³/mol. The summed E-state index contributed by atoms with van der Waals surface area (Å²) in [5.41, 5.74) is 9.95. The molecule has 5 rings (SSSR count). The first-order chi connectivity index (χ1) is 19.7. The highest BCUT2D eigenvalue weighted by atomic mass is 16.4. The smallest absolute Gasteiger partial charge is 0.336 e. The minimum atomic E-state index is -0.917. The highest BCUT2D eigenvalue weighted by Crippen LogP contribution is 2.31. The van der Waals surface area contributed by atoms with Gasteiger partial charge in [-0.2, -0.15) is 0 Å². The number of benzene rings is 3. The Labute approximate surface area is 242 Å². The molecule has 0 bridgehead atoms. The Bertz CT molecular complexity index is 1710. The largest absolute Gasteiger partial charge is 0.478 e. The van der Waals surface area contributed by atoms with Crippen LogP contribution in [0, 0.1) is 19.8 Å². The zero-order valence-electron chi connectivity index (χ0n) is 25.0. The second-order valence-corrected chi connectivity index (χ2v) is 11.4. The van der Waals surface area contributed by atoms with Gasteiger partial charge in [-0.25, -0.2) is 14.8 Å². The molecule has 0 saturated heterocycles. The Hall–Kier alpha value is -4.19. The number of rotatable bonds is 10. The van der Waals surface area contributed by atoms with Gasteiger partial charge < -0.3 is 14.2 Å². The molecule has 0 aliphatic heterocycles. The Kier molecular flexibility index (Phi) is 8.11. The number of aromatic carboxylic acids is 1. The molecule has 6 heteroatoms. The molecule has 0 atom stereocenters. The van der Waals surface area contributed by atoms with Crippen molar-refractivity contribution in [3.05, 3.63) is 94.6 Å². The third-order valence-electron chi connectivity index (χ3n) is 7.86. The van der Waals surface area contributed by atoms with Crippen LogP contribution < -0.4 is 0 Å². The van der Waals surface area contributed by atoms with Gasteiger partial charge in [0.05, 0.1) is 22.3 Å². The fourth-order valence-electron chi connectivity index (χ4n) is 5.83. The van der Waals surface area contributed by atoms with Crippen LogP contribution in [0.2, 0.25) is 0 Å². The van der Waals surface area contributed by atoms with Gasteiger partial charge in [-0.15, -0.1) is 0 Å². The van der Waals surface area contributed by atoms with Gasteiger partial charge in [0.15, 0.2) is 0 Å². The number of aromatic nitrogens is 4. The molecule has 0 spiro atoms. The van der Waals surface area contributed by atoms with Crippen LogP contribution in [0.25, 0.3) is 33.5 Å². The molecule has 2 aromatic heterocycles. The summed E-state index contributed by atoms with van der Waals surface area (Å²) >= 11 is 0. The molecule has 212 valence electrons. The van der Waals surface area contributed by atoms with E-state index in [0.717, 1.165) is 76.3 Å². The number of nitrogens with zero attached hydrogens (tertiary/aromatic N) is 4. The molecule has 0 aliphatic rings. The van der Waals surface area contributed by atoms with Gasteiger partial charge in [-0.1, -0.05) is 63.2 Å². The lowest BCUT2D eigenvalue weighted by atomic mass is 9.98. The van der Waals surface area contributed by atoms with Crippen molar-refractivity contribution < 1.29 is 9.90 Å². The summed E-state index contributed by atoms with van der Waals surface area (Å²) in [6.45, 7) is 14.8. The number of hydrogen-bond donors (Lipinski definition) is 1. The fourth-order valence-corrected chi connectivity index (χ4v) is 5.83. The molecule has 0 saturated carbocycles. The first-order valence-electron chi connectivity index (χ1n) is 14.7. The summed E-state index contributed by atoms with van der Waals surface area (Å²) in [5.74, 6) is 1.74. The van der Waals surface area contributed by atoms with Gasteiger partial charge in [0, 0.05) is 30.8 Å². The zero-order chi connectivity index (χ0) is 29.3. The van der Waals surface area contributed by atoms with Crippen molar-refractivity contribution in [2.24, 2.45) is 5.92 Å². The van der Waals surface area contributed by atoms with Crippen molar-refractivity contribution in [2.45, 2.75) is 73.9 Å². The minimum Gasteiger partial charge on any atom is -0.478 e. The maximum atomic E-state index is 11.7. The molecule has 2 heterocycles. The molecule has 0 unspecified atom stereocenters. The lowest BCUT2D eigenvalue weighted by Gasteiger charge is -2.12. The third kappa shape index (κ3) is 5.56. The number of aryl methyl sites for hydroxylation is 2. The summed E-state index contributed by atoms with van der Waals surface area (Å²) in [4.78, 5) is 22.0. The maximum Gasteiger partial charge on any atom is 0.336 e. The second kappa shape index (κ2) is 11.7. The SMILES string of the molecule is CCCc1nc2c(C)cc(-c3nc(CC(C)C)c(C)n3CC)cc2n1Cc1ccc(-c2ccccc2C(=O)O)cc1. The lowest BCUT2D eigenvalue weighted by molar-refractivity contribution is 0.0697. The van der Waals surface area contributed by atoms with E-state index in [9.17, 15) is 9.90 Å². The standard InChI is InChI=1S/C35H40N4O2/c1-7-11-32-37-33-23(5)19-27(34-36-30(18-22(3)4)24(6)38(34)8-2)20-31(33)39(32)21-25-14-16-26(17-15-25)28-12-9-10-13-29(28)35(40)41/h9-10,12-17,19-20,22H,7-8,11,18,21H2,1-6H3,(H,40,41). The number of imidazole rings is 2. The van der Waals surface area contributed by atoms with Gasteiger partial charge in [0.25, 0.3) is 0 Å². The van der Waals surface area contributed by atoms with E-state index in [0.29, 0.717) is 18.0 Å². The van der Waals surface area contributed by atoms with Crippen molar-refractivity contribution in [1.29, 1.82) is 0 Å². The second-order valence-electron chi connectivity index (χ2n) is 11.4. The third-order valence-corrected chi connectivity index (χ3v) is 7.86. The van der Waals surface area contributed by atoms with Crippen LogP contribution in [0.4, 0.5) is 0 Å². The first-order valence-corrected chi connectivity index (χ1v) is 14.7. The molecule has 3 aromatic carbocycles. The van der Waals surface area contributed by atoms with E-state index in [1.165, 1.54) is 11.4 Å². The zero-order valence-corrected chi connectivity index (χ0v) is 25.0. The fraction of sp³-hybridized carbons (Fsp3) is 0.343. The van der Waals surface area contributed by atoms with Crippen molar-refractivity contribution in [3.8, 4) is 22.5 Å². The highest BCUT2D eigenvalue weighted by molar-refractivity contribution is 5.96. The maximum absolute atomic E-state index is 11.7. The van der Waals surface area contributed by atoms with E-state index < -0.39 is 5.97 Å². The normalized spacial score (nSPS) is 11.6. The van der Waals surface area contributed by atoms with E-state index in [-0.39, 0.29) is 0 Å². The van der Waals surface area contributed by atoms with Crippen LogP contribution in [0.1, 0.15) is 72.8 Å². The molecule has 0 aliphatic carbocycles. The molecule has 0 amide bonds. The van der Waals surface area contributed by atoms with E-state index in [4.69, 9.17) is 9.97 Å². The molecule has 0 fully saturated rings. The van der Waals surface area contributed by atoms with Gasteiger partial charge in [-0.05, 0) is 80.0 Å². The van der Waals surface area contributed by atoms with Crippen LogP contribution in [0.3, 0.4) is 0 Å². The van der Waals surface area contributed by atoms with Crippen molar-refractivity contribution in [1.82, 2.24) is 19.1 Å². The Morgan fingerprint density at radius 2 is 1.66 bits per heavy atom. The summed E-state index contributed by atoms with van der Waals surface area (Å²) in [7, 11) is 0. The number of carboxylic acid groups (broad SMARTS) is 1.